The minimum absolute atomic E-state index is 0.0568. The van der Waals surface area contributed by atoms with Crippen LogP contribution >= 0.6 is 0 Å². The molecule has 41 heavy (non-hydrogen) atoms. The van der Waals surface area contributed by atoms with Gasteiger partial charge in [0, 0.05) is 26.1 Å². The number of halogens is 9. The quantitative estimate of drug-likeness (QED) is 0.435. The first-order chi connectivity index (χ1) is 18.5. The van der Waals surface area contributed by atoms with Crippen LogP contribution in [0.25, 0.3) is 0 Å². The van der Waals surface area contributed by atoms with E-state index in [9.17, 15) is 44.3 Å². The van der Waals surface area contributed by atoms with E-state index in [0.717, 1.165) is 25.6 Å². The number of amides is 1. The largest absolute Gasteiger partial charge is 0.490 e. The van der Waals surface area contributed by atoms with Gasteiger partial charge in [0.25, 0.3) is 5.91 Å². The fourth-order valence-electron chi connectivity index (χ4n) is 3.42. The summed E-state index contributed by atoms with van der Waals surface area (Å²) < 4.78 is 102. The van der Waals surface area contributed by atoms with E-state index in [0.29, 0.717) is 18.7 Å². The van der Waals surface area contributed by atoms with E-state index in [-0.39, 0.29) is 24.3 Å². The fourth-order valence-corrected chi connectivity index (χ4v) is 3.42. The molecule has 2 aliphatic heterocycles. The number of nitrogens with zero attached hydrogens (tertiary/aromatic N) is 4. The molecule has 1 spiro atoms. The molecule has 1 unspecified atom stereocenters. The summed E-state index contributed by atoms with van der Waals surface area (Å²) in [6.07, 6.45) is -11.8. The number of rotatable bonds is 4. The van der Waals surface area contributed by atoms with Crippen molar-refractivity contribution in [3.8, 4) is 0 Å². The first kappa shape index (κ1) is 35.4. The van der Waals surface area contributed by atoms with Crippen molar-refractivity contribution in [2.24, 2.45) is 5.16 Å². The number of alkyl halides is 9. The molecule has 3 N–H and O–H groups in total. The summed E-state index contributed by atoms with van der Waals surface area (Å²) >= 11 is 0. The van der Waals surface area contributed by atoms with Crippen LogP contribution in [0, 0.1) is 0 Å². The van der Waals surface area contributed by atoms with Crippen molar-refractivity contribution in [2.75, 3.05) is 20.1 Å². The number of H-pyrrole nitrogens is 1. The molecule has 0 saturated carbocycles. The summed E-state index contributed by atoms with van der Waals surface area (Å²) in [7, 11) is 1.73. The summed E-state index contributed by atoms with van der Waals surface area (Å²) in [5.74, 6) is -5.41. The second kappa shape index (κ2) is 13.4. The molecule has 20 heteroatoms. The minimum Gasteiger partial charge on any atom is -0.475 e. The van der Waals surface area contributed by atoms with E-state index >= 15 is 0 Å². The molecule has 1 aromatic heterocycles. The number of carbonyl (C=O) groups excluding carboxylic acids is 1. The van der Waals surface area contributed by atoms with E-state index in [1.807, 2.05) is 18.7 Å². The van der Waals surface area contributed by atoms with Gasteiger partial charge in [-0.2, -0.15) is 39.5 Å². The normalized spacial score (nSPS) is 19.4. The predicted octanol–water partition coefficient (Wildman–Crippen LogP) is 3.67. The lowest BCUT2D eigenvalue weighted by Gasteiger charge is -2.37. The monoisotopic (exact) mass is 615 g/mol. The Morgan fingerprint density at radius 2 is 1.59 bits per heavy atom. The number of hydrogen-bond donors (Lipinski definition) is 3. The molecule has 3 heterocycles. The molecule has 11 nitrogen and oxygen atoms in total. The van der Waals surface area contributed by atoms with Crippen molar-refractivity contribution in [3.05, 3.63) is 17.7 Å². The van der Waals surface area contributed by atoms with E-state index in [4.69, 9.17) is 24.6 Å². The van der Waals surface area contributed by atoms with Crippen molar-refractivity contribution in [2.45, 2.75) is 69.8 Å². The molecule has 0 aliphatic carbocycles. The summed E-state index contributed by atoms with van der Waals surface area (Å²) in [6, 6.07) is 0.0568. The van der Waals surface area contributed by atoms with Gasteiger partial charge in [0.15, 0.2) is 5.60 Å². The van der Waals surface area contributed by atoms with Crippen LogP contribution in [-0.2, 0) is 31.9 Å². The number of hydrogen-bond acceptors (Lipinski definition) is 7. The molecular weight excluding hydrogens is 589 g/mol. The molecule has 1 amide bonds. The first-order valence-corrected chi connectivity index (χ1v) is 11.4. The summed E-state index contributed by atoms with van der Waals surface area (Å²) in [4.78, 5) is 45.7. The van der Waals surface area contributed by atoms with Crippen LogP contribution in [0.4, 0.5) is 39.5 Å². The SMILES string of the molecule is CC(C)N(C)C(=O)C1=NOC2(CCCN(Cc3ncc(C(F)(F)F)[nH]3)C2)C1.O=C(O)C(F)(F)F.O=C(O)C(F)(F)F. The third kappa shape index (κ3) is 11.1. The van der Waals surface area contributed by atoms with Gasteiger partial charge in [0.2, 0.25) is 0 Å². The average molecular weight is 615 g/mol. The molecule has 0 bridgehead atoms. The molecule has 1 saturated heterocycles. The average Bonchev–Trinajstić information content (AvgIpc) is 3.45. The van der Waals surface area contributed by atoms with Gasteiger partial charge in [-0.3, -0.25) is 9.69 Å². The highest BCUT2D eigenvalue weighted by molar-refractivity contribution is 6.39. The number of carboxylic acids is 2. The molecule has 0 radical (unpaired) electrons. The number of piperidine rings is 1. The van der Waals surface area contributed by atoms with Crippen LogP contribution in [0.3, 0.4) is 0 Å². The van der Waals surface area contributed by atoms with Crippen LogP contribution in [0.5, 0.6) is 0 Å². The summed E-state index contributed by atoms with van der Waals surface area (Å²) in [5, 5.41) is 18.3. The standard InChI is InChI=1S/C17H24F3N5O2.2C2HF3O2/c1-11(2)24(3)15(26)12-7-16(27-23-12)5-4-6-25(10-16)9-14-21-8-13(22-14)17(18,19)20;2*3-2(4,5)1(6)7/h8,11H,4-7,9-10H2,1-3H3,(H,21,22);2*(H,6,7). The highest BCUT2D eigenvalue weighted by Crippen LogP contribution is 2.34. The molecule has 3 rings (SSSR count). The number of carbonyl (C=O) groups is 3. The molecule has 1 aromatic rings. The number of aliphatic carboxylic acids is 2. The lowest BCUT2D eigenvalue weighted by Crippen LogP contribution is -2.49. The summed E-state index contributed by atoms with van der Waals surface area (Å²) in [5.41, 5.74) is -1.06. The second-order valence-corrected chi connectivity index (χ2v) is 9.16. The predicted molar refractivity (Wildman–Crippen MR) is 119 cm³/mol. The lowest BCUT2D eigenvalue weighted by molar-refractivity contribution is -0.193. The third-order valence-corrected chi connectivity index (χ3v) is 5.59. The van der Waals surface area contributed by atoms with E-state index in [1.165, 1.54) is 0 Å². The van der Waals surface area contributed by atoms with E-state index in [2.05, 4.69) is 15.1 Å². The number of aromatic nitrogens is 2. The van der Waals surface area contributed by atoms with E-state index in [1.54, 1.807) is 11.9 Å². The number of aromatic amines is 1. The maximum Gasteiger partial charge on any atom is 0.490 e. The van der Waals surface area contributed by atoms with Gasteiger partial charge in [-0.25, -0.2) is 14.6 Å². The number of nitrogens with one attached hydrogen (secondary N) is 1. The zero-order valence-corrected chi connectivity index (χ0v) is 21.6. The Hall–Kier alpha value is -3.58. The summed E-state index contributed by atoms with van der Waals surface area (Å²) in [6.45, 7) is 5.31. The van der Waals surface area contributed by atoms with Gasteiger partial charge >= 0.3 is 30.5 Å². The van der Waals surface area contributed by atoms with E-state index < -0.39 is 41.8 Å². The van der Waals surface area contributed by atoms with Crippen molar-refractivity contribution >= 4 is 23.6 Å². The van der Waals surface area contributed by atoms with Gasteiger partial charge in [-0.15, -0.1) is 0 Å². The highest BCUT2D eigenvalue weighted by atomic mass is 19.4. The first-order valence-electron chi connectivity index (χ1n) is 11.4. The highest BCUT2D eigenvalue weighted by Gasteiger charge is 2.45. The van der Waals surface area contributed by atoms with Crippen molar-refractivity contribution in [1.82, 2.24) is 19.8 Å². The Bertz CT molecular complexity index is 1080. The lowest BCUT2D eigenvalue weighted by atomic mass is 9.88. The fraction of sp³-hybridized carbons (Fsp3) is 0.667. The minimum atomic E-state index is -5.08. The zero-order valence-electron chi connectivity index (χ0n) is 21.6. The Morgan fingerprint density at radius 3 is 2.00 bits per heavy atom. The molecule has 0 aromatic carbocycles. The van der Waals surface area contributed by atoms with Crippen molar-refractivity contribution in [1.29, 1.82) is 0 Å². The second-order valence-electron chi connectivity index (χ2n) is 9.16. The third-order valence-electron chi connectivity index (χ3n) is 5.59. The number of carboxylic acid groups (broad SMARTS) is 2. The van der Waals surface area contributed by atoms with Crippen LogP contribution in [0.2, 0.25) is 0 Å². The van der Waals surface area contributed by atoms with Crippen molar-refractivity contribution < 1.29 is 68.9 Å². The Kier molecular flexibility index (Phi) is 11.6. The zero-order chi connectivity index (χ0) is 32.0. The maximum atomic E-state index is 12.7. The number of imidazole rings is 1. The van der Waals surface area contributed by atoms with Gasteiger partial charge in [-0.1, -0.05) is 5.16 Å². The smallest absolute Gasteiger partial charge is 0.475 e. The van der Waals surface area contributed by atoms with Crippen LogP contribution in [0.15, 0.2) is 11.4 Å². The molecule has 234 valence electrons. The molecule has 2 aliphatic rings. The van der Waals surface area contributed by atoms with Gasteiger partial charge in [0.1, 0.15) is 17.2 Å². The van der Waals surface area contributed by atoms with Crippen molar-refractivity contribution in [3.63, 3.8) is 0 Å². The van der Waals surface area contributed by atoms with Crippen LogP contribution in [0.1, 0.15) is 44.6 Å². The van der Waals surface area contributed by atoms with Crippen LogP contribution in [-0.4, -0.2) is 97.7 Å². The maximum absolute atomic E-state index is 12.7. The number of oxime groups is 1. The Morgan fingerprint density at radius 1 is 1.07 bits per heavy atom. The molecular formula is C21H26F9N5O6. The molecule has 1 atom stereocenters. The van der Waals surface area contributed by atoms with Gasteiger partial charge in [0.05, 0.1) is 12.7 Å². The van der Waals surface area contributed by atoms with Gasteiger partial charge in [-0.05, 0) is 33.2 Å². The van der Waals surface area contributed by atoms with Crippen LogP contribution < -0.4 is 0 Å². The van der Waals surface area contributed by atoms with Gasteiger partial charge < -0.3 is 24.9 Å². The Labute approximate surface area is 225 Å². The molecule has 1 fully saturated rings. The Balaban J connectivity index is 0.000000497. The topological polar surface area (TPSA) is 148 Å². The number of likely N-dealkylation sites (tertiary alicyclic amines) is 1.